The SMILES string of the molecule is COc1ccc(N2C(=O)C[C@@H]([NH+]3CC[NH+](C45CC6CC(CC(C6)C4)C5)CC3)C2=O)cc1. The lowest BCUT2D eigenvalue weighted by atomic mass is 9.52. The van der Waals surface area contributed by atoms with E-state index in [-0.39, 0.29) is 17.9 Å². The van der Waals surface area contributed by atoms with Crippen molar-refractivity contribution >= 4 is 17.5 Å². The number of piperazine rings is 1. The van der Waals surface area contributed by atoms with E-state index in [1.165, 1.54) is 48.3 Å². The molecule has 0 unspecified atom stereocenters. The van der Waals surface area contributed by atoms with Gasteiger partial charge in [0, 0.05) is 19.3 Å². The molecule has 1 atom stereocenters. The summed E-state index contributed by atoms with van der Waals surface area (Å²) in [6.45, 7) is 4.33. The van der Waals surface area contributed by atoms with Gasteiger partial charge in [0.05, 0.1) is 24.8 Å². The van der Waals surface area contributed by atoms with Crippen molar-refractivity contribution in [3.8, 4) is 5.75 Å². The molecule has 2 saturated heterocycles. The van der Waals surface area contributed by atoms with Crippen molar-refractivity contribution in [3.63, 3.8) is 0 Å². The monoisotopic (exact) mass is 425 g/mol. The van der Waals surface area contributed by atoms with Gasteiger partial charge in [-0.2, -0.15) is 0 Å². The highest BCUT2D eigenvalue weighted by atomic mass is 16.5. The molecule has 7 rings (SSSR count). The summed E-state index contributed by atoms with van der Waals surface area (Å²) in [6.07, 6.45) is 9.13. The third-order valence-corrected chi connectivity index (χ3v) is 9.25. The molecule has 4 saturated carbocycles. The molecule has 0 aromatic heterocycles. The zero-order valence-electron chi connectivity index (χ0n) is 18.6. The third-order valence-electron chi connectivity index (χ3n) is 9.25. The van der Waals surface area contributed by atoms with E-state index in [1.54, 1.807) is 7.11 Å². The smallest absolute Gasteiger partial charge is 0.292 e. The van der Waals surface area contributed by atoms with Crippen LogP contribution in [0.1, 0.15) is 44.9 Å². The van der Waals surface area contributed by atoms with E-state index in [0.717, 1.165) is 49.7 Å². The molecule has 6 heteroatoms. The van der Waals surface area contributed by atoms with E-state index >= 15 is 0 Å². The van der Waals surface area contributed by atoms with E-state index in [4.69, 9.17) is 4.74 Å². The van der Waals surface area contributed by atoms with Crippen LogP contribution in [-0.4, -0.2) is 56.7 Å². The lowest BCUT2D eigenvalue weighted by Gasteiger charge is -2.58. The Kier molecular flexibility index (Phi) is 4.65. The van der Waals surface area contributed by atoms with E-state index in [2.05, 4.69) is 0 Å². The molecule has 2 heterocycles. The van der Waals surface area contributed by atoms with Gasteiger partial charge in [0.15, 0.2) is 6.04 Å². The number of hydrogen-bond donors (Lipinski definition) is 2. The highest BCUT2D eigenvalue weighted by Gasteiger charge is 2.57. The van der Waals surface area contributed by atoms with Crippen LogP contribution < -0.4 is 19.4 Å². The number of benzene rings is 1. The molecule has 0 radical (unpaired) electrons. The first-order valence-corrected chi connectivity index (χ1v) is 12.3. The van der Waals surface area contributed by atoms with Crippen LogP contribution in [0.3, 0.4) is 0 Å². The van der Waals surface area contributed by atoms with Gasteiger partial charge < -0.3 is 14.5 Å². The molecule has 6 nitrogen and oxygen atoms in total. The van der Waals surface area contributed by atoms with Gasteiger partial charge in [-0.25, -0.2) is 4.90 Å². The number of ether oxygens (including phenoxy) is 1. The van der Waals surface area contributed by atoms with Crippen molar-refractivity contribution in [2.75, 3.05) is 38.2 Å². The second-order valence-electron chi connectivity index (χ2n) is 11.0. The summed E-state index contributed by atoms with van der Waals surface area (Å²) in [7, 11) is 1.62. The van der Waals surface area contributed by atoms with Gasteiger partial charge in [0.25, 0.3) is 5.91 Å². The van der Waals surface area contributed by atoms with Gasteiger partial charge >= 0.3 is 0 Å². The molecule has 1 aromatic carbocycles. The lowest BCUT2D eigenvalue weighted by molar-refractivity contribution is -1.05. The van der Waals surface area contributed by atoms with E-state index < -0.39 is 0 Å². The maximum atomic E-state index is 13.2. The van der Waals surface area contributed by atoms with Gasteiger partial charge in [-0.1, -0.05) is 0 Å². The fraction of sp³-hybridized carbons (Fsp3) is 0.680. The van der Waals surface area contributed by atoms with Crippen LogP contribution in [0.2, 0.25) is 0 Å². The van der Waals surface area contributed by atoms with E-state index in [0.29, 0.717) is 17.6 Å². The van der Waals surface area contributed by atoms with Crippen LogP contribution in [-0.2, 0) is 9.59 Å². The third kappa shape index (κ3) is 3.21. The number of hydrogen-bond acceptors (Lipinski definition) is 3. The number of imide groups is 1. The Morgan fingerprint density at radius 1 is 0.903 bits per heavy atom. The molecule has 6 aliphatic rings. The average Bonchev–Trinajstić information content (AvgIpc) is 3.07. The summed E-state index contributed by atoms with van der Waals surface area (Å²) < 4.78 is 5.20. The number of carbonyl (C=O) groups excluding carboxylic acids is 2. The molecule has 2 amide bonds. The van der Waals surface area contributed by atoms with Crippen molar-refractivity contribution in [1.82, 2.24) is 0 Å². The fourth-order valence-corrected chi connectivity index (χ4v) is 8.25. The van der Waals surface area contributed by atoms with Gasteiger partial charge in [0.2, 0.25) is 5.91 Å². The molecule has 6 fully saturated rings. The number of rotatable bonds is 4. The molecule has 2 N–H and O–H groups in total. The Balaban J connectivity index is 1.12. The van der Waals surface area contributed by atoms with Crippen molar-refractivity contribution in [2.24, 2.45) is 17.8 Å². The molecule has 1 aromatic rings. The summed E-state index contributed by atoms with van der Waals surface area (Å²) in [5, 5.41) is 0. The Hall–Kier alpha value is -1.92. The largest absolute Gasteiger partial charge is 0.497 e. The summed E-state index contributed by atoms with van der Waals surface area (Å²) in [5.74, 6) is 3.59. The van der Waals surface area contributed by atoms with Crippen molar-refractivity contribution in [3.05, 3.63) is 24.3 Å². The number of quaternary nitrogens is 2. The number of nitrogens with zero attached hydrogens (tertiary/aromatic N) is 1. The van der Waals surface area contributed by atoms with E-state index in [1.807, 2.05) is 29.2 Å². The Morgan fingerprint density at radius 3 is 2.03 bits per heavy atom. The second kappa shape index (κ2) is 7.31. The molecule has 4 aliphatic carbocycles. The Bertz CT molecular complexity index is 839. The molecular weight excluding hydrogens is 390 g/mol. The molecule has 2 aliphatic heterocycles. The highest BCUT2D eigenvalue weighted by Crippen LogP contribution is 2.54. The van der Waals surface area contributed by atoms with Crippen LogP contribution >= 0.6 is 0 Å². The van der Waals surface area contributed by atoms with Gasteiger partial charge in [-0.05, 0) is 61.3 Å². The van der Waals surface area contributed by atoms with Gasteiger partial charge in [0.1, 0.15) is 31.9 Å². The normalized spacial score (nSPS) is 41.8. The number of amides is 2. The second-order valence-corrected chi connectivity index (χ2v) is 11.0. The number of methoxy groups -OCH3 is 1. The average molecular weight is 426 g/mol. The topological polar surface area (TPSA) is 55.5 Å². The molecular formula is C25H35N3O3+2. The zero-order chi connectivity index (χ0) is 21.2. The quantitative estimate of drug-likeness (QED) is 0.672. The van der Waals surface area contributed by atoms with Crippen LogP contribution in [0.15, 0.2) is 24.3 Å². The van der Waals surface area contributed by atoms with Crippen LogP contribution in [0.25, 0.3) is 0 Å². The number of anilines is 1. The maximum absolute atomic E-state index is 13.2. The summed E-state index contributed by atoms with van der Waals surface area (Å²) in [6, 6.07) is 7.02. The van der Waals surface area contributed by atoms with Crippen molar-refractivity contribution in [1.29, 1.82) is 0 Å². The number of nitrogens with one attached hydrogen (secondary N) is 2. The maximum Gasteiger partial charge on any atom is 0.292 e. The first kappa shape index (κ1) is 19.7. The lowest BCUT2D eigenvalue weighted by Crippen LogP contribution is -3.33. The zero-order valence-corrected chi connectivity index (χ0v) is 18.6. The van der Waals surface area contributed by atoms with Crippen molar-refractivity contribution in [2.45, 2.75) is 56.5 Å². The summed E-state index contributed by atoms with van der Waals surface area (Å²) >= 11 is 0. The first-order valence-electron chi connectivity index (χ1n) is 12.3. The van der Waals surface area contributed by atoms with Crippen LogP contribution in [0, 0.1) is 17.8 Å². The van der Waals surface area contributed by atoms with Gasteiger partial charge in [-0.3, -0.25) is 9.59 Å². The van der Waals surface area contributed by atoms with Gasteiger partial charge in [-0.15, -0.1) is 0 Å². The highest BCUT2D eigenvalue weighted by molar-refractivity contribution is 6.21. The molecule has 0 spiro atoms. The first-order chi connectivity index (χ1) is 15.0. The summed E-state index contributed by atoms with van der Waals surface area (Å²) in [4.78, 5) is 30.5. The predicted molar refractivity (Wildman–Crippen MR) is 116 cm³/mol. The summed E-state index contributed by atoms with van der Waals surface area (Å²) in [5.41, 5.74) is 1.20. The molecule has 31 heavy (non-hydrogen) atoms. The predicted octanol–water partition coefficient (Wildman–Crippen LogP) is 0.0793. The molecule has 166 valence electrons. The van der Waals surface area contributed by atoms with Crippen LogP contribution in [0.5, 0.6) is 5.75 Å². The van der Waals surface area contributed by atoms with Crippen molar-refractivity contribution < 1.29 is 24.1 Å². The minimum absolute atomic E-state index is 0.0246. The van der Waals surface area contributed by atoms with Crippen LogP contribution in [0.4, 0.5) is 5.69 Å². The standard InChI is InChI=1S/C25H33N3O3/c1-31-21-4-2-20(3-5-21)28-23(29)13-22(24(28)30)26-6-8-27(9-7-26)25-14-17-10-18(15-25)12-19(11-17)16-25/h2-5,17-19,22H,6-16H2,1H3/p+2/t17?,18?,19?,22-,25?/m1/s1. The molecule has 4 bridgehead atoms. The fourth-order valence-electron chi connectivity index (χ4n) is 8.25. The van der Waals surface area contributed by atoms with E-state index in [9.17, 15) is 9.59 Å². The Labute approximate surface area is 184 Å². The Morgan fingerprint density at radius 2 is 1.48 bits per heavy atom. The number of carbonyl (C=O) groups is 2. The minimum atomic E-state index is -0.215. The minimum Gasteiger partial charge on any atom is -0.497 e.